The van der Waals surface area contributed by atoms with Gasteiger partial charge in [-0.1, -0.05) is 12.8 Å². The van der Waals surface area contributed by atoms with Crippen LogP contribution in [0.15, 0.2) is 0 Å². The zero-order chi connectivity index (χ0) is 8.97. The highest BCUT2D eigenvalue weighted by Crippen LogP contribution is 2.27. The predicted octanol–water partition coefficient (Wildman–Crippen LogP) is 2.79. The zero-order valence-corrected chi connectivity index (χ0v) is 7.06. The van der Waals surface area contributed by atoms with Crippen LogP contribution < -0.4 is 0 Å². The van der Waals surface area contributed by atoms with Crippen molar-refractivity contribution in [3.63, 3.8) is 0 Å². The summed E-state index contributed by atoms with van der Waals surface area (Å²) in [4.78, 5) is 11.2. The van der Waals surface area contributed by atoms with E-state index in [0.29, 0.717) is 0 Å². The fourth-order valence-electron chi connectivity index (χ4n) is 1.70. The third-order valence-electron chi connectivity index (χ3n) is 2.42. The monoisotopic (exact) mass is 176 g/mol. The first kappa shape index (κ1) is 9.62. The van der Waals surface area contributed by atoms with Gasteiger partial charge in [-0.2, -0.15) is 0 Å². The number of Topliss-reactive ketones (excluding diaryl/α,β-unsaturated/α-hetero) is 1. The van der Waals surface area contributed by atoms with Crippen molar-refractivity contribution < 1.29 is 13.6 Å². The standard InChI is InChI=1S/C9H14F2O/c10-9(11)6-5-8(12)7-3-1-2-4-7/h7,9H,1-6H2. The summed E-state index contributed by atoms with van der Waals surface area (Å²) in [5.74, 6) is 0.150. The molecule has 0 amide bonds. The lowest BCUT2D eigenvalue weighted by atomic mass is 9.99. The number of alkyl halides is 2. The number of carbonyl (C=O) groups excluding carboxylic acids is 1. The average molecular weight is 176 g/mol. The molecule has 70 valence electrons. The van der Waals surface area contributed by atoms with Crippen LogP contribution in [0.1, 0.15) is 38.5 Å². The van der Waals surface area contributed by atoms with Crippen LogP contribution in [-0.4, -0.2) is 12.2 Å². The molecule has 0 N–H and O–H groups in total. The molecular formula is C9H14F2O. The second-order valence-corrected chi connectivity index (χ2v) is 3.38. The third-order valence-corrected chi connectivity index (χ3v) is 2.42. The van der Waals surface area contributed by atoms with Gasteiger partial charge in [0.05, 0.1) is 0 Å². The van der Waals surface area contributed by atoms with E-state index >= 15 is 0 Å². The summed E-state index contributed by atoms with van der Waals surface area (Å²) in [5, 5.41) is 0. The second kappa shape index (κ2) is 4.53. The Morgan fingerprint density at radius 1 is 1.33 bits per heavy atom. The first-order chi connectivity index (χ1) is 5.70. The highest BCUT2D eigenvalue weighted by atomic mass is 19.3. The van der Waals surface area contributed by atoms with Gasteiger partial charge in [-0.05, 0) is 12.8 Å². The molecule has 1 rings (SSSR count). The Kier molecular flexibility index (Phi) is 3.63. The number of halogens is 2. The first-order valence-corrected chi connectivity index (χ1v) is 4.51. The number of hydrogen-bond acceptors (Lipinski definition) is 1. The lowest BCUT2D eigenvalue weighted by Crippen LogP contribution is -2.11. The van der Waals surface area contributed by atoms with Crippen LogP contribution in [0.4, 0.5) is 8.78 Å². The summed E-state index contributed by atoms with van der Waals surface area (Å²) in [6.07, 6.45) is 1.51. The summed E-state index contributed by atoms with van der Waals surface area (Å²) in [5.41, 5.74) is 0. The Morgan fingerprint density at radius 2 is 1.92 bits per heavy atom. The molecule has 0 aromatic rings. The molecular weight excluding hydrogens is 162 g/mol. The normalized spacial score (nSPS) is 18.9. The van der Waals surface area contributed by atoms with E-state index in [-0.39, 0.29) is 24.5 Å². The molecule has 0 aromatic carbocycles. The van der Waals surface area contributed by atoms with Crippen molar-refractivity contribution in [2.45, 2.75) is 45.0 Å². The number of rotatable bonds is 4. The van der Waals surface area contributed by atoms with Crippen LogP contribution in [-0.2, 0) is 4.79 Å². The molecule has 0 bridgehead atoms. The van der Waals surface area contributed by atoms with Gasteiger partial charge in [0.2, 0.25) is 6.43 Å². The summed E-state index contributed by atoms with van der Waals surface area (Å²) in [7, 11) is 0. The lowest BCUT2D eigenvalue weighted by Gasteiger charge is -2.06. The largest absolute Gasteiger partial charge is 0.299 e. The Balaban J connectivity index is 2.18. The average Bonchev–Trinajstić information content (AvgIpc) is 2.51. The van der Waals surface area contributed by atoms with Gasteiger partial charge in [0.15, 0.2) is 0 Å². The summed E-state index contributed by atoms with van der Waals surface area (Å²) in [6.45, 7) is 0. The van der Waals surface area contributed by atoms with Crippen LogP contribution in [0.3, 0.4) is 0 Å². The van der Waals surface area contributed by atoms with Gasteiger partial charge in [0, 0.05) is 18.8 Å². The highest BCUT2D eigenvalue weighted by molar-refractivity contribution is 5.81. The maximum absolute atomic E-state index is 11.7. The number of carbonyl (C=O) groups is 1. The molecule has 3 heteroatoms. The molecule has 1 aliphatic rings. The SMILES string of the molecule is O=C(CCC(F)F)C1CCCC1. The molecule has 0 saturated heterocycles. The smallest absolute Gasteiger partial charge is 0.239 e. The van der Waals surface area contributed by atoms with Crippen LogP contribution in [0.2, 0.25) is 0 Å². The minimum Gasteiger partial charge on any atom is -0.299 e. The molecule has 0 heterocycles. The number of hydrogen-bond donors (Lipinski definition) is 0. The molecule has 1 aliphatic carbocycles. The topological polar surface area (TPSA) is 17.1 Å². The van der Waals surface area contributed by atoms with E-state index in [2.05, 4.69) is 0 Å². The molecule has 1 nitrogen and oxygen atoms in total. The Morgan fingerprint density at radius 3 is 2.42 bits per heavy atom. The van der Waals surface area contributed by atoms with Crippen LogP contribution in [0, 0.1) is 5.92 Å². The molecule has 0 aliphatic heterocycles. The van der Waals surface area contributed by atoms with Gasteiger partial charge in [0.25, 0.3) is 0 Å². The van der Waals surface area contributed by atoms with E-state index in [1.165, 1.54) is 0 Å². The van der Waals surface area contributed by atoms with E-state index in [0.717, 1.165) is 25.7 Å². The molecule has 0 unspecified atom stereocenters. The Bertz CT molecular complexity index is 151. The minimum atomic E-state index is -2.32. The Labute approximate surface area is 71.1 Å². The molecule has 1 fully saturated rings. The van der Waals surface area contributed by atoms with Crippen molar-refractivity contribution in [2.24, 2.45) is 5.92 Å². The highest BCUT2D eigenvalue weighted by Gasteiger charge is 2.22. The summed E-state index contributed by atoms with van der Waals surface area (Å²) >= 11 is 0. The van der Waals surface area contributed by atoms with Crippen molar-refractivity contribution in [2.75, 3.05) is 0 Å². The van der Waals surface area contributed by atoms with Gasteiger partial charge in [-0.3, -0.25) is 4.79 Å². The molecule has 0 aromatic heterocycles. The van der Waals surface area contributed by atoms with Gasteiger partial charge < -0.3 is 0 Å². The van der Waals surface area contributed by atoms with Crippen molar-refractivity contribution in [3.8, 4) is 0 Å². The fraction of sp³-hybridized carbons (Fsp3) is 0.889. The summed E-state index contributed by atoms with van der Waals surface area (Å²) in [6, 6.07) is 0. The van der Waals surface area contributed by atoms with E-state index in [4.69, 9.17) is 0 Å². The van der Waals surface area contributed by atoms with E-state index in [9.17, 15) is 13.6 Å². The van der Waals surface area contributed by atoms with Gasteiger partial charge >= 0.3 is 0 Å². The van der Waals surface area contributed by atoms with E-state index in [1.807, 2.05) is 0 Å². The van der Waals surface area contributed by atoms with E-state index < -0.39 is 6.43 Å². The number of ketones is 1. The van der Waals surface area contributed by atoms with Gasteiger partial charge in [-0.15, -0.1) is 0 Å². The van der Waals surface area contributed by atoms with Crippen molar-refractivity contribution in [1.82, 2.24) is 0 Å². The molecule has 12 heavy (non-hydrogen) atoms. The first-order valence-electron chi connectivity index (χ1n) is 4.51. The zero-order valence-electron chi connectivity index (χ0n) is 7.06. The maximum atomic E-state index is 11.7. The van der Waals surface area contributed by atoms with Crippen molar-refractivity contribution >= 4 is 5.78 Å². The maximum Gasteiger partial charge on any atom is 0.239 e. The van der Waals surface area contributed by atoms with Gasteiger partial charge in [-0.25, -0.2) is 8.78 Å². The van der Waals surface area contributed by atoms with Crippen LogP contribution >= 0.6 is 0 Å². The minimum absolute atomic E-state index is 0.0489. The van der Waals surface area contributed by atoms with Crippen molar-refractivity contribution in [1.29, 1.82) is 0 Å². The quantitative estimate of drug-likeness (QED) is 0.643. The van der Waals surface area contributed by atoms with Crippen LogP contribution in [0.25, 0.3) is 0 Å². The Hall–Kier alpha value is -0.470. The second-order valence-electron chi connectivity index (χ2n) is 3.38. The van der Waals surface area contributed by atoms with Gasteiger partial charge in [0.1, 0.15) is 5.78 Å². The summed E-state index contributed by atoms with van der Waals surface area (Å²) < 4.78 is 23.5. The lowest BCUT2D eigenvalue weighted by molar-refractivity contribution is -0.123. The molecule has 0 atom stereocenters. The predicted molar refractivity (Wildman–Crippen MR) is 42.2 cm³/mol. The molecule has 0 radical (unpaired) electrons. The molecule has 1 saturated carbocycles. The fourth-order valence-corrected chi connectivity index (χ4v) is 1.70. The third kappa shape index (κ3) is 2.88. The van der Waals surface area contributed by atoms with Crippen molar-refractivity contribution in [3.05, 3.63) is 0 Å². The van der Waals surface area contributed by atoms with Crippen LogP contribution in [0.5, 0.6) is 0 Å². The van der Waals surface area contributed by atoms with E-state index in [1.54, 1.807) is 0 Å². The molecule has 0 spiro atoms.